The van der Waals surface area contributed by atoms with Crippen LogP contribution in [-0.2, 0) is 11.3 Å². The van der Waals surface area contributed by atoms with E-state index >= 15 is 0 Å². The second kappa shape index (κ2) is 5.25. The highest BCUT2D eigenvalue weighted by Gasteiger charge is 2.28. The van der Waals surface area contributed by atoms with Crippen LogP contribution in [0, 0.1) is 5.92 Å². The van der Waals surface area contributed by atoms with Crippen molar-refractivity contribution >= 4 is 29.2 Å². The molecule has 1 aliphatic rings. The van der Waals surface area contributed by atoms with E-state index in [1.807, 2.05) is 6.07 Å². The minimum absolute atomic E-state index is 0.257. The topological polar surface area (TPSA) is 40.5 Å². The van der Waals surface area contributed by atoms with E-state index in [2.05, 4.69) is 4.90 Å². The Morgan fingerprint density at radius 2 is 2.24 bits per heavy atom. The van der Waals surface area contributed by atoms with Gasteiger partial charge in [-0.05, 0) is 36.7 Å². The van der Waals surface area contributed by atoms with Crippen molar-refractivity contribution in [3.63, 3.8) is 0 Å². The van der Waals surface area contributed by atoms with Gasteiger partial charge in [-0.25, -0.2) is 0 Å². The van der Waals surface area contributed by atoms with Crippen LogP contribution in [0.15, 0.2) is 18.2 Å². The maximum absolute atomic E-state index is 10.8. The van der Waals surface area contributed by atoms with Gasteiger partial charge >= 0.3 is 5.97 Å². The largest absolute Gasteiger partial charge is 0.481 e. The van der Waals surface area contributed by atoms with Crippen molar-refractivity contribution in [1.29, 1.82) is 0 Å². The number of rotatable bonds is 3. The van der Waals surface area contributed by atoms with Gasteiger partial charge in [0.15, 0.2) is 0 Å². The number of benzene rings is 1. The SMILES string of the molecule is O=C(O)C1CCN(Cc2cc(Cl)ccc2Cl)C1. The van der Waals surface area contributed by atoms with E-state index < -0.39 is 5.97 Å². The van der Waals surface area contributed by atoms with Gasteiger partial charge in [0.25, 0.3) is 0 Å². The number of nitrogens with zero attached hydrogens (tertiary/aromatic N) is 1. The Balaban J connectivity index is 2.02. The fourth-order valence-corrected chi connectivity index (χ4v) is 2.46. The molecule has 3 nitrogen and oxygen atoms in total. The van der Waals surface area contributed by atoms with Crippen LogP contribution in [0.1, 0.15) is 12.0 Å². The van der Waals surface area contributed by atoms with Crippen molar-refractivity contribution < 1.29 is 9.90 Å². The first kappa shape index (κ1) is 12.7. The average molecular weight is 274 g/mol. The Kier molecular flexibility index (Phi) is 3.92. The minimum atomic E-state index is -0.718. The zero-order valence-electron chi connectivity index (χ0n) is 9.20. The molecule has 0 bridgehead atoms. The maximum atomic E-state index is 10.8. The van der Waals surface area contributed by atoms with E-state index in [0.29, 0.717) is 29.6 Å². The van der Waals surface area contributed by atoms with Crippen LogP contribution in [0.2, 0.25) is 10.0 Å². The highest BCUT2D eigenvalue weighted by atomic mass is 35.5. The first-order valence-corrected chi connectivity index (χ1v) is 6.21. The Labute approximate surface area is 110 Å². The van der Waals surface area contributed by atoms with Gasteiger partial charge in [0, 0.05) is 23.1 Å². The average Bonchev–Trinajstić information content (AvgIpc) is 2.72. The molecule has 92 valence electrons. The Bertz CT molecular complexity index is 437. The maximum Gasteiger partial charge on any atom is 0.307 e. The molecule has 0 radical (unpaired) electrons. The summed E-state index contributed by atoms with van der Waals surface area (Å²) >= 11 is 12.0. The quantitative estimate of drug-likeness (QED) is 0.921. The number of aliphatic carboxylic acids is 1. The third-order valence-corrected chi connectivity index (χ3v) is 3.63. The van der Waals surface area contributed by atoms with E-state index in [-0.39, 0.29) is 5.92 Å². The third-order valence-electron chi connectivity index (χ3n) is 3.02. The molecule has 1 aromatic rings. The molecule has 0 amide bonds. The van der Waals surface area contributed by atoms with Crippen LogP contribution in [0.25, 0.3) is 0 Å². The van der Waals surface area contributed by atoms with E-state index in [9.17, 15) is 4.79 Å². The third kappa shape index (κ3) is 3.12. The number of carboxylic acids is 1. The first-order chi connectivity index (χ1) is 8.06. The number of hydrogen-bond acceptors (Lipinski definition) is 2. The van der Waals surface area contributed by atoms with Crippen molar-refractivity contribution in [2.45, 2.75) is 13.0 Å². The predicted octanol–water partition coefficient (Wildman–Crippen LogP) is 2.90. The van der Waals surface area contributed by atoms with Crippen molar-refractivity contribution in [3.05, 3.63) is 33.8 Å². The lowest BCUT2D eigenvalue weighted by atomic mass is 10.1. The number of likely N-dealkylation sites (tertiary alicyclic amines) is 1. The molecular weight excluding hydrogens is 261 g/mol. The van der Waals surface area contributed by atoms with Gasteiger partial charge < -0.3 is 5.11 Å². The molecule has 17 heavy (non-hydrogen) atoms. The van der Waals surface area contributed by atoms with Crippen molar-refractivity contribution in [2.75, 3.05) is 13.1 Å². The molecule has 0 saturated carbocycles. The van der Waals surface area contributed by atoms with E-state index in [1.54, 1.807) is 12.1 Å². The molecule has 1 atom stereocenters. The lowest BCUT2D eigenvalue weighted by Gasteiger charge is -2.16. The molecule has 0 aromatic heterocycles. The summed E-state index contributed by atoms with van der Waals surface area (Å²) in [5.41, 5.74) is 0.949. The lowest BCUT2D eigenvalue weighted by Crippen LogP contribution is -2.22. The molecule has 1 N–H and O–H groups in total. The summed E-state index contributed by atoms with van der Waals surface area (Å²) in [5, 5.41) is 10.2. The minimum Gasteiger partial charge on any atom is -0.481 e. The molecule has 1 fully saturated rings. The Morgan fingerprint density at radius 1 is 1.47 bits per heavy atom. The number of halogens is 2. The van der Waals surface area contributed by atoms with Crippen LogP contribution >= 0.6 is 23.2 Å². The van der Waals surface area contributed by atoms with E-state index in [0.717, 1.165) is 12.1 Å². The molecule has 1 aliphatic heterocycles. The molecule has 0 aliphatic carbocycles. The number of carbonyl (C=O) groups is 1. The summed E-state index contributed by atoms with van der Waals surface area (Å²) in [4.78, 5) is 12.9. The van der Waals surface area contributed by atoms with E-state index in [1.165, 1.54) is 0 Å². The van der Waals surface area contributed by atoms with Crippen molar-refractivity contribution in [1.82, 2.24) is 4.90 Å². The number of hydrogen-bond donors (Lipinski definition) is 1. The Morgan fingerprint density at radius 3 is 2.88 bits per heavy atom. The molecule has 0 spiro atoms. The lowest BCUT2D eigenvalue weighted by molar-refractivity contribution is -0.141. The molecule has 1 aromatic carbocycles. The summed E-state index contributed by atoms with van der Waals surface area (Å²) in [7, 11) is 0. The molecule has 1 saturated heterocycles. The molecule has 2 rings (SSSR count). The standard InChI is InChI=1S/C12H13Cl2NO2/c13-10-1-2-11(14)9(5-10)7-15-4-3-8(6-15)12(16)17/h1-2,5,8H,3-4,6-7H2,(H,16,17). The smallest absolute Gasteiger partial charge is 0.307 e. The molecule has 1 unspecified atom stereocenters. The highest BCUT2D eigenvalue weighted by Crippen LogP contribution is 2.25. The zero-order chi connectivity index (χ0) is 12.4. The summed E-state index contributed by atoms with van der Waals surface area (Å²) in [6.07, 6.45) is 0.702. The van der Waals surface area contributed by atoms with Gasteiger partial charge in [0.1, 0.15) is 0 Å². The second-order valence-corrected chi connectivity index (χ2v) is 5.14. The second-order valence-electron chi connectivity index (χ2n) is 4.29. The van der Waals surface area contributed by atoms with Crippen LogP contribution in [0.5, 0.6) is 0 Å². The normalized spacial score (nSPS) is 20.7. The summed E-state index contributed by atoms with van der Waals surface area (Å²) in [6.45, 7) is 2.03. The Hall–Kier alpha value is -0.770. The van der Waals surface area contributed by atoms with Crippen LogP contribution in [-0.4, -0.2) is 29.1 Å². The first-order valence-electron chi connectivity index (χ1n) is 5.45. The van der Waals surface area contributed by atoms with Gasteiger partial charge in [0.05, 0.1) is 5.92 Å². The van der Waals surface area contributed by atoms with Crippen LogP contribution in [0.3, 0.4) is 0 Å². The van der Waals surface area contributed by atoms with Gasteiger partial charge in [-0.1, -0.05) is 23.2 Å². The van der Waals surface area contributed by atoms with Crippen molar-refractivity contribution in [3.8, 4) is 0 Å². The van der Waals surface area contributed by atoms with E-state index in [4.69, 9.17) is 28.3 Å². The summed E-state index contributed by atoms with van der Waals surface area (Å²) < 4.78 is 0. The highest BCUT2D eigenvalue weighted by molar-refractivity contribution is 6.33. The van der Waals surface area contributed by atoms with Gasteiger partial charge in [0.2, 0.25) is 0 Å². The van der Waals surface area contributed by atoms with Gasteiger partial charge in [-0.2, -0.15) is 0 Å². The summed E-state index contributed by atoms with van der Waals surface area (Å²) in [5.74, 6) is -0.974. The number of carboxylic acid groups (broad SMARTS) is 1. The summed E-state index contributed by atoms with van der Waals surface area (Å²) in [6, 6.07) is 5.35. The van der Waals surface area contributed by atoms with Gasteiger partial charge in [-0.15, -0.1) is 0 Å². The van der Waals surface area contributed by atoms with Crippen LogP contribution in [0.4, 0.5) is 0 Å². The van der Waals surface area contributed by atoms with Gasteiger partial charge in [-0.3, -0.25) is 9.69 Å². The molecule has 1 heterocycles. The fourth-order valence-electron chi connectivity index (χ4n) is 2.08. The molecular formula is C12H13Cl2NO2. The fraction of sp³-hybridized carbons (Fsp3) is 0.417. The molecule has 5 heteroatoms. The zero-order valence-corrected chi connectivity index (χ0v) is 10.7. The van der Waals surface area contributed by atoms with Crippen LogP contribution < -0.4 is 0 Å². The predicted molar refractivity (Wildman–Crippen MR) is 67.5 cm³/mol. The monoisotopic (exact) mass is 273 g/mol. The van der Waals surface area contributed by atoms with Crippen molar-refractivity contribution in [2.24, 2.45) is 5.92 Å².